The van der Waals surface area contributed by atoms with Crippen LogP contribution in [0.25, 0.3) is 0 Å². The van der Waals surface area contributed by atoms with E-state index in [-0.39, 0.29) is 12.5 Å². The van der Waals surface area contributed by atoms with E-state index in [1.165, 1.54) is 0 Å². The van der Waals surface area contributed by atoms with Crippen molar-refractivity contribution in [2.24, 2.45) is 17.1 Å². The Bertz CT molecular complexity index is 482. The minimum absolute atomic E-state index is 0.171. The predicted octanol–water partition coefficient (Wildman–Crippen LogP) is 1.99. The van der Waals surface area contributed by atoms with Crippen LogP contribution in [0.5, 0.6) is 5.75 Å². The fraction of sp³-hybridized carbons (Fsp3) is 0.533. The van der Waals surface area contributed by atoms with Gasteiger partial charge in [-0.3, -0.25) is 4.79 Å². The quantitative estimate of drug-likeness (QED) is 0.823. The topological polar surface area (TPSA) is 72.5 Å². The molecule has 0 aliphatic heterocycles. The molecule has 4 heteroatoms. The van der Waals surface area contributed by atoms with E-state index in [0.717, 1.165) is 29.7 Å². The van der Waals surface area contributed by atoms with Gasteiger partial charge in [-0.2, -0.15) is 0 Å². The normalized spacial score (nSPS) is 17.8. The Morgan fingerprint density at radius 1 is 1.53 bits per heavy atom. The van der Waals surface area contributed by atoms with Gasteiger partial charge in [-0.1, -0.05) is 17.7 Å². The van der Waals surface area contributed by atoms with Crippen LogP contribution in [0.15, 0.2) is 18.2 Å². The van der Waals surface area contributed by atoms with Gasteiger partial charge in [0.25, 0.3) is 0 Å². The molecule has 19 heavy (non-hydrogen) atoms. The molecule has 1 aromatic carbocycles. The molecule has 0 amide bonds. The molecule has 1 saturated carbocycles. The molecule has 1 aliphatic rings. The molecule has 1 unspecified atom stereocenters. The van der Waals surface area contributed by atoms with Crippen LogP contribution in [0.2, 0.25) is 0 Å². The first-order chi connectivity index (χ1) is 9.03. The van der Waals surface area contributed by atoms with Crippen LogP contribution in [0.1, 0.15) is 24.0 Å². The van der Waals surface area contributed by atoms with Gasteiger partial charge in [-0.25, -0.2) is 0 Å². The molecule has 0 bridgehead atoms. The van der Waals surface area contributed by atoms with Crippen molar-refractivity contribution in [1.29, 1.82) is 0 Å². The first-order valence-electron chi connectivity index (χ1n) is 6.60. The van der Waals surface area contributed by atoms with Gasteiger partial charge in [0.2, 0.25) is 0 Å². The fourth-order valence-corrected chi connectivity index (χ4v) is 2.74. The highest BCUT2D eigenvalue weighted by Crippen LogP contribution is 2.48. The Kier molecular flexibility index (Phi) is 3.80. The Morgan fingerprint density at radius 3 is 2.68 bits per heavy atom. The van der Waals surface area contributed by atoms with E-state index in [9.17, 15) is 9.90 Å². The SMILES string of the molecule is COc1ccc(C)cc1CC(CN)(C(=O)O)C1CC1. The van der Waals surface area contributed by atoms with Crippen LogP contribution < -0.4 is 10.5 Å². The number of hydrogen-bond acceptors (Lipinski definition) is 3. The van der Waals surface area contributed by atoms with Crippen LogP contribution in [-0.2, 0) is 11.2 Å². The van der Waals surface area contributed by atoms with Gasteiger partial charge >= 0.3 is 5.97 Å². The minimum atomic E-state index is -0.846. The van der Waals surface area contributed by atoms with E-state index in [0.29, 0.717) is 6.42 Å². The third-order valence-corrected chi connectivity index (χ3v) is 4.09. The lowest BCUT2D eigenvalue weighted by Gasteiger charge is -2.28. The maximum absolute atomic E-state index is 11.7. The van der Waals surface area contributed by atoms with Gasteiger partial charge in [-0.05, 0) is 43.7 Å². The molecule has 0 radical (unpaired) electrons. The highest BCUT2D eigenvalue weighted by Gasteiger charge is 2.50. The van der Waals surface area contributed by atoms with Gasteiger partial charge in [0.1, 0.15) is 5.75 Å². The van der Waals surface area contributed by atoms with Crippen molar-refractivity contribution >= 4 is 5.97 Å². The van der Waals surface area contributed by atoms with E-state index in [1.807, 2.05) is 25.1 Å². The van der Waals surface area contributed by atoms with Gasteiger partial charge in [0.15, 0.2) is 0 Å². The minimum Gasteiger partial charge on any atom is -0.496 e. The molecule has 3 N–H and O–H groups in total. The Balaban J connectivity index is 2.36. The molecule has 0 saturated heterocycles. The van der Waals surface area contributed by atoms with Gasteiger partial charge in [0, 0.05) is 6.54 Å². The molecular formula is C15H21NO3. The number of carboxylic acid groups (broad SMARTS) is 1. The summed E-state index contributed by atoms with van der Waals surface area (Å²) in [6.45, 7) is 2.16. The van der Waals surface area contributed by atoms with E-state index in [2.05, 4.69) is 0 Å². The smallest absolute Gasteiger partial charge is 0.311 e. The van der Waals surface area contributed by atoms with Crippen LogP contribution in [0.3, 0.4) is 0 Å². The lowest BCUT2D eigenvalue weighted by atomic mass is 9.76. The van der Waals surface area contributed by atoms with Crippen LogP contribution in [-0.4, -0.2) is 24.7 Å². The number of methoxy groups -OCH3 is 1. The van der Waals surface area contributed by atoms with Gasteiger partial charge < -0.3 is 15.6 Å². The molecule has 0 aromatic heterocycles. The zero-order valence-electron chi connectivity index (χ0n) is 11.5. The number of carboxylic acids is 1. The van der Waals surface area contributed by atoms with Crippen molar-refractivity contribution in [2.45, 2.75) is 26.2 Å². The maximum Gasteiger partial charge on any atom is 0.311 e. The molecule has 2 rings (SSSR count). The van der Waals surface area contributed by atoms with Gasteiger partial charge in [-0.15, -0.1) is 0 Å². The molecule has 0 heterocycles. The van der Waals surface area contributed by atoms with E-state index in [1.54, 1.807) is 7.11 Å². The van der Waals surface area contributed by atoms with Crippen molar-refractivity contribution in [1.82, 2.24) is 0 Å². The average molecular weight is 263 g/mol. The molecule has 4 nitrogen and oxygen atoms in total. The van der Waals surface area contributed by atoms with Crippen molar-refractivity contribution in [2.75, 3.05) is 13.7 Å². The van der Waals surface area contributed by atoms with E-state index < -0.39 is 11.4 Å². The lowest BCUT2D eigenvalue weighted by Crippen LogP contribution is -2.42. The third-order valence-electron chi connectivity index (χ3n) is 4.09. The van der Waals surface area contributed by atoms with Crippen molar-refractivity contribution in [3.05, 3.63) is 29.3 Å². The second-order valence-corrected chi connectivity index (χ2v) is 5.43. The number of aryl methyl sites for hydroxylation is 1. The summed E-state index contributed by atoms with van der Waals surface area (Å²) in [4.78, 5) is 11.7. The monoisotopic (exact) mass is 263 g/mol. The molecule has 1 aromatic rings. The summed E-state index contributed by atoms with van der Waals surface area (Å²) >= 11 is 0. The summed E-state index contributed by atoms with van der Waals surface area (Å²) in [5, 5.41) is 9.61. The average Bonchev–Trinajstić information content (AvgIpc) is 3.20. The van der Waals surface area contributed by atoms with Crippen LogP contribution >= 0.6 is 0 Å². The molecule has 0 spiro atoms. The van der Waals surface area contributed by atoms with Gasteiger partial charge in [0.05, 0.1) is 12.5 Å². The summed E-state index contributed by atoms with van der Waals surface area (Å²) < 4.78 is 5.34. The summed E-state index contributed by atoms with van der Waals surface area (Å²) in [6, 6.07) is 5.85. The summed E-state index contributed by atoms with van der Waals surface area (Å²) in [6.07, 6.45) is 2.35. The van der Waals surface area contributed by atoms with Crippen LogP contribution in [0.4, 0.5) is 0 Å². The first-order valence-corrected chi connectivity index (χ1v) is 6.60. The summed E-state index contributed by atoms with van der Waals surface area (Å²) in [5.74, 6) is 0.145. The maximum atomic E-state index is 11.7. The zero-order chi connectivity index (χ0) is 14.0. The molecule has 104 valence electrons. The molecule has 1 atom stereocenters. The third kappa shape index (κ3) is 2.59. The molecule has 1 fully saturated rings. The highest BCUT2D eigenvalue weighted by atomic mass is 16.5. The Morgan fingerprint density at radius 2 is 2.21 bits per heavy atom. The molecule has 1 aliphatic carbocycles. The number of benzene rings is 1. The lowest BCUT2D eigenvalue weighted by molar-refractivity contribution is -0.149. The second kappa shape index (κ2) is 5.21. The summed E-state index contributed by atoms with van der Waals surface area (Å²) in [7, 11) is 1.61. The zero-order valence-corrected chi connectivity index (χ0v) is 11.5. The first kappa shape index (κ1) is 13.9. The number of hydrogen-bond donors (Lipinski definition) is 2. The number of aliphatic carboxylic acids is 1. The van der Waals surface area contributed by atoms with E-state index in [4.69, 9.17) is 10.5 Å². The second-order valence-electron chi connectivity index (χ2n) is 5.43. The fourth-order valence-electron chi connectivity index (χ4n) is 2.74. The Labute approximate surface area is 113 Å². The number of carbonyl (C=O) groups is 1. The number of nitrogens with two attached hydrogens (primary N) is 1. The predicted molar refractivity (Wildman–Crippen MR) is 73.3 cm³/mol. The van der Waals surface area contributed by atoms with Crippen molar-refractivity contribution in [3.8, 4) is 5.75 Å². The van der Waals surface area contributed by atoms with Crippen LogP contribution in [0, 0.1) is 18.3 Å². The standard InChI is InChI=1S/C15H21NO3/c1-10-3-6-13(19-2)11(7-10)8-15(9-16,14(17)18)12-4-5-12/h3,6-7,12H,4-5,8-9,16H2,1-2H3,(H,17,18). The highest BCUT2D eigenvalue weighted by molar-refractivity contribution is 5.76. The summed E-state index contributed by atoms with van der Waals surface area (Å²) in [5.41, 5.74) is 6.99. The van der Waals surface area contributed by atoms with Crippen molar-refractivity contribution < 1.29 is 14.6 Å². The number of ether oxygens (including phenoxy) is 1. The largest absolute Gasteiger partial charge is 0.496 e. The Hall–Kier alpha value is -1.55. The van der Waals surface area contributed by atoms with Crippen molar-refractivity contribution in [3.63, 3.8) is 0 Å². The number of rotatable bonds is 6. The molecular weight excluding hydrogens is 242 g/mol. The van der Waals surface area contributed by atoms with E-state index >= 15 is 0 Å².